The molecule has 4 nitrogen and oxygen atoms in total. The Morgan fingerprint density at radius 3 is 2.04 bits per heavy atom. The molecule has 0 amide bonds. The van der Waals surface area contributed by atoms with Crippen LogP contribution in [0.2, 0.25) is 0 Å². The van der Waals surface area contributed by atoms with Crippen molar-refractivity contribution in [2.75, 3.05) is 26.3 Å². The van der Waals surface area contributed by atoms with Crippen LogP contribution in [0.1, 0.15) is 73.6 Å². The van der Waals surface area contributed by atoms with Crippen LogP contribution >= 0.6 is 0 Å². The second-order valence-corrected chi connectivity index (χ2v) is 11.3. The highest BCUT2D eigenvalue weighted by Gasteiger charge is 2.55. The number of hydrogen-bond donors (Lipinski definition) is 0. The summed E-state index contributed by atoms with van der Waals surface area (Å²) >= 11 is 0. The minimum Gasteiger partial charge on any atom is -0.378 e. The van der Waals surface area contributed by atoms with Crippen molar-refractivity contribution < 1.29 is 23.0 Å². The lowest BCUT2D eigenvalue weighted by atomic mass is 9.61. The van der Waals surface area contributed by atoms with Crippen molar-refractivity contribution in [2.24, 2.45) is 5.41 Å². The molecule has 1 saturated heterocycles. The summed E-state index contributed by atoms with van der Waals surface area (Å²) in [7, 11) is 0. The molecular formula is C22H39F2NO3. The second kappa shape index (κ2) is 7.75. The molecule has 0 bridgehead atoms. The highest BCUT2D eigenvalue weighted by atomic mass is 19.3. The fourth-order valence-corrected chi connectivity index (χ4v) is 4.46. The van der Waals surface area contributed by atoms with E-state index >= 15 is 0 Å². The van der Waals surface area contributed by atoms with Crippen molar-refractivity contribution >= 4 is 0 Å². The lowest BCUT2D eigenvalue weighted by Gasteiger charge is -2.62. The molecule has 28 heavy (non-hydrogen) atoms. The molecule has 3 aliphatic rings. The number of rotatable bonds is 8. The van der Waals surface area contributed by atoms with Gasteiger partial charge < -0.3 is 14.2 Å². The van der Waals surface area contributed by atoms with Crippen molar-refractivity contribution in [3.63, 3.8) is 0 Å². The number of hydrogen-bond acceptors (Lipinski definition) is 4. The summed E-state index contributed by atoms with van der Waals surface area (Å²) in [4.78, 5) is 2.45. The summed E-state index contributed by atoms with van der Waals surface area (Å²) in [6, 6.07) is 0. The van der Waals surface area contributed by atoms with Gasteiger partial charge in [0.2, 0.25) is 0 Å². The van der Waals surface area contributed by atoms with E-state index < -0.39 is 12.5 Å². The third-order valence-electron chi connectivity index (χ3n) is 6.25. The van der Waals surface area contributed by atoms with Gasteiger partial charge in [-0.1, -0.05) is 0 Å². The third-order valence-corrected chi connectivity index (χ3v) is 6.25. The molecule has 0 unspecified atom stereocenters. The highest BCUT2D eigenvalue weighted by molar-refractivity contribution is 5.07. The molecule has 1 spiro atoms. The quantitative estimate of drug-likeness (QED) is 0.590. The summed E-state index contributed by atoms with van der Waals surface area (Å²) in [6.07, 6.45) is 3.41. The largest absolute Gasteiger partial charge is 0.378 e. The molecule has 164 valence electrons. The minimum atomic E-state index is -2.81. The highest BCUT2D eigenvalue weighted by Crippen LogP contribution is 2.51. The van der Waals surface area contributed by atoms with Gasteiger partial charge in [-0.3, -0.25) is 4.90 Å². The Labute approximate surface area is 169 Å². The number of likely N-dealkylation sites (tertiary alicyclic amines) is 1. The van der Waals surface area contributed by atoms with Gasteiger partial charge in [0.15, 0.2) is 0 Å². The number of ether oxygens (including phenoxy) is 3. The van der Waals surface area contributed by atoms with E-state index in [0.29, 0.717) is 5.41 Å². The Morgan fingerprint density at radius 1 is 0.893 bits per heavy atom. The van der Waals surface area contributed by atoms with Gasteiger partial charge in [0, 0.05) is 30.5 Å². The van der Waals surface area contributed by atoms with E-state index in [9.17, 15) is 8.78 Å². The summed E-state index contributed by atoms with van der Waals surface area (Å²) < 4.78 is 45.1. The Balaban J connectivity index is 1.23. The molecular weight excluding hydrogens is 364 g/mol. The van der Waals surface area contributed by atoms with E-state index in [1.165, 1.54) is 0 Å². The number of alkyl halides is 2. The van der Waals surface area contributed by atoms with E-state index in [1.807, 2.05) is 20.8 Å². The smallest absolute Gasteiger partial charge is 0.273 e. The normalized spacial score (nSPS) is 28.7. The molecule has 0 aromatic rings. The first-order valence-corrected chi connectivity index (χ1v) is 10.8. The van der Waals surface area contributed by atoms with E-state index in [2.05, 4.69) is 25.7 Å². The molecule has 3 fully saturated rings. The first kappa shape index (κ1) is 22.4. The van der Waals surface area contributed by atoms with Crippen molar-refractivity contribution in [2.45, 2.75) is 109 Å². The summed E-state index contributed by atoms with van der Waals surface area (Å²) in [6.45, 7) is 14.5. The van der Waals surface area contributed by atoms with Crippen LogP contribution in [-0.4, -0.2) is 66.6 Å². The fraction of sp³-hybridized carbons (Fsp3) is 1.00. The van der Waals surface area contributed by atoms with Gasteiger partial charge >= 0.3 is 0 Å². The number of nitrogens with zero attached hydrogens (tertiary/aromatic N) is 1. The van der Waals surface area contributed by atoms with E-state index in [-0.39, 0.29) is 42.5 Å². The molecule has 0 N–H and O–H groups in total. The first-order chi connectivity index (χ1) is 12.8. The van der Waals surface area contributed by atoms with E-state index in [4.69, 9.17) is 14.2 Å². The second-order valence-electron chi connectivity index (χ2n) is 11.3. The van der Waals surface area contributed by atoms with Crippen molar-refractivity contribution in [3.05, 3.63) is 0 Å². The van der Waals surface area contributed by atoms with E-state index in [1.54, 1.807) is 0 Å². The minimum absolute atomic E-state index is 0.00384. The zero-order chi connectivity index (χ0) is 20.8. The van der Waals surface area contributed by atoms with Crippen molar-refractivity contribution in [1.29, 1.82) is 0 Å². The summed E-state index contributed by atoms with van der Waals surface area (Å²) in [5.74, 6) is -2.81. The molecule has 3 rings (SSSR count). The predicted octanol–water partition coefficient (Wildman–Crippen LogP) is 4.65. The summed E-state index contributed by atoms with van der Waals surface area (Å²) in [5.41, 5.74) is 0.362. The fourth-order valence-electron chi connectivity index (χ4n) is 4.46. The van der Waals surface area contributed by atoms with Gasteiger partial charge in [-0.15, -0.1) is 0 Å². The number of halogens is 2. The Morgan fingerprint density at radius 2 is 1.50 bits per heavy atom. The molecule has 2 aliphatic carbocycles. The van der Waals surface area contributed by atoms with E-state index in [0.717, 1.165) is 38.8 Å². The van der Waals surface area contributed by atoms with Crippen LogP contribution in [0.25, 0.3) is 0 Å². The van der Waals surface area contributed by atoms with Crippen molar-refractivity contribution in [1.82, 2.24) is 4.90 Å². The Hall–Kier alpha value is -0.300. The molecule has 6 heteroatoms. The molecule has 0 radical (unpaired) electrons. The average Bonchev–Trinajstić information content (AvgIpc) is 2.38. The predicted molar refractivity (Wildman–Crippen MR) is 106 cm³/mol. The Bertz CT molecular complexity index is 521. The first-order valence-electron chi connectivity index (χ1n) is 10.8. The average molecular weight is 404 g/mol. The zero-order valence-electron chi connectivity index (χ0n) is 18.5. The van der Waals surface area contributed by atoms with Crippen LogP contribution in [0.4, 0.5) is 8.78 Å². The van der Waals surface area contributed by atoms with Crippen LogP contribution < -0.4 is 0 Å². The zero-order valence-corrected chi connectivity index (χ0v) is 18.5. The molecule has 0 aromatic heterocycles. The molecule has 1 aliphatic heterocycles. The lowest BCUT2D eigenvalue weighted by Crippen LogP contribution is -2.68. The molecule has 2 saturated carbocycles. The SMILES string of the molecule is CC(C)(C)OC1CC(OCCC(F)(F)COC2CC3(C2)CN(C(C)(C)C)C3)C1. The van der Waals surface area contributed by atoms with Gasteiger partial charge in [0.25, 0.3) is 5.92 Å². The van der Waals surface area contributed by atoms with Gasteiger partial charge in [0.1, 0.15) is 6.61 Å². The third kappa shape index (κ3) is 5.87. The van der Waals surface area contributed by atoms with Crippen LogP contribution in [0, 0.1) is 5.41 Å². The van der Waals surface area contributed by atoms with Crippen LogP contribution in [0.5, 0.6) is 0 Å². The van der Waals surface area contributed by atoms with Crippen LogP contribution in [0.3, 0.4) is 0 Å². The maximum Gasteiger partial charge on any atom is 0.273 e. The van der Waals surface area contributed by atoms with Gasteiger partial charge in [-0.25, -0.2) is 8.78 Å². The maximum absolute atomic E-state index is 14.1. The molecule has 0 atom stereocenters. The van der Waals surface area contributed by atoms with Crippen LogP contribution in [-0.2, 0) is 14.2 Å². The van der Waals surface area contributed by atoms with Gasteiger partial charge in [-0.2, -0.15) is 0 Å². The van der Waals surface area contributed by atoms with Gasteiger partial charge in [0.05, 0.1) is 30.5 Å². The standard InChI is InChI=1S/C22H39F2NO3/c1-19(2,3)25-13-21(14-25)11-18(12-21)27-15-22(23,24)7-8-26-16-9-17(10-16)28-20(4,5)6/h16-18H,7-15H2,1-6H3. The van der Waals surface area contributed by atoms with Crippen molar-refractivity contribution in [3.8, 4) is 0 Å². The van der Waals surface area contributed by atoms with Crippen LogP contribution in [0.15, 0.2) is 0 Å². The monoisotopic (exact) mass is 403 g/mol. The maximum atomic E-state index is 14.1. The Kier molecular flexibility index (Phi) is 6.20. The lowest BCUT2D eigenvalue weighted by molar-refractivity contribution is -0.199. The molecule has 0 aromatic carbocycles. The summed E-state index contributed by atoms with van der Waals surface area (Å²) in [5, 5.41) is 0. The molecule has 1 heterocycles. The topological polar surface area (TPSA) is 30.9 Å². The van der Waals surface area contributed by atoms with Gasteiger partial charge in [-0.05, 0) is 67.2 Å².